The van der Waals surface area contributed by atoms with E-state index in [9.17, 15) is 4.79 Å². The van der Waals surface area contributed by atoms with E-state index >= 15 is 0 Å². The van der Waals surface area contributed by atoms with Crippen molar-refractivity contribution in [3.8, 4) is 11.5 Å². The van der Waals surface area contributed by atoms with Gasteiger partial charge in [0, 0.05) is 30.0 Å². The number of oxime groups is 1. The molecule has 0 aromatic heterocycles. The molecular weight excluding hydrogens is 404 g/mol. The second-order valence-corrected chi connectivity index (χ2v) is 8.48. The number of fused-ring (bicyclic) bond motifs is 1. The SMILES string of the molecule is CC(C)CC(=O)N(Cc1cccc(Cl)c1)CC1CC(c2ccc3c(c2)OCO3)=NO1. The maximum Gasteiger partial charge on any atom is 0.231 e. The monoisotopic (exact) mass is 428 g/mol. The molecule has 0 aliphatic carbocycles. The predicted octanol–water partition coefficient (Wildman–Crippen LogP) is 4.64. The molecule has 2 aliphatic rings. The number of hydrogen-bond donors (Lipinski definition) is 0. The Morgan fingerprint density at radius 2 is 2.03 bits per heavy atom. The number of carbonyl (C=O) groups is 1. The first kappa shape index (κ1) is 20.5. The van der Waals surface area contributed by atoms with Crippen molar-refractivity contribution in [2.75, 3.05) is 13.3 Å². The first-order valence-corrected chi connectivity index (χ1v) is 10.5. The Morgan fingerprint density at radius 1 is 1.20 bits per heavy atom. The fourth-order valence-corrected chi connectivity index (χ4v) is 3.82. The van der Waals surface area contributed by atoms with Crippen LogP contribution >= 0.6 is 11.6 Å². The van der Waals surface area contributed by atoms with Crippen LogP contribution < -0.4 is 9.47 Å². The normalized spacial score (nSPS) is 17.1. The molecule has 0 saturated heterocycles. The summed E-state index contributed by atoms with van der Waals surface area (Å²) in [5, 5.41) is 4.93. The van der Waals surface area contributed by atoms with Gasteiger partial charge in [0.05, 0.1) is 12.3 Å². The third kappa shape index (κ3) is 4.87. The molecule has 0 radical (unpaired) electrons. The third-order valence-corrected chi connectivity index (χ3v) is 5.30. The highest BCUT2D eigenvalue weighted by Crippen LogP contribution is 2.33. The van der Waals surface area contributed by atoms with Gasteiger partial charge in [-0.1, -0.05) is 42.7 Å². The number of nitrogens with zero attached hydrogens (tertiary/aromatic N) is 2. The smallest absolute Gasteiger partial charge is 0.231 e. The van der Waals surface area contributed by atoms with Crippen LogP contribution in [0.3, 0.4) is 0 Å². The Labute approximate surface area is 181 Å². The quantitative estimate of drug-likeness (QED) is 0.644. The summed E-state index contributed by atoms with van der Waals surface area (Å²) in [5.41, 5.74) is 2.78. The molecule has 0 saturated carbocycles. The highest BCUT2D eigenvalue weighted by Gasteiger charge is 2.28. The van der Waals surface area contributed by atoms with E-state index in [2.05, 4.69) is 5.16 Å². The van der Waals surface area contributed by atoms with Gasteiger partial charge in [-0.15, -0.1) is 0 Å². The molecular formula is C23H25ClN2O4. The molecule has 0 N–H and O–H groups in total. The molecule has 2 aromatic carbocycles. The van der Waals surface area contributed by atoms with Crippen LogP contribution in [-0.2, 0) is 16.2 Å². The lowest BCUT2D eigenvalue weighted by molar-refractivity contribution is -0.134. The molecule has 1 amide bonds. The fourth-order valence-electron chi connectivity index (χ4n) is 3.61. The van der Waals surface area contributed by atoms with Crippen LogP contribution in [0.5, 0.6) is 11.5 Å². The first-order valence-electron chi connectivity index (χ1n) is 10.1. The second kappa shape index (κ2) is 8.96. The van der Waals surface area contributed by atoms with Crippen molar-refractivity contribution in [3.05, 3.63) is 58.6 Å². The first-order chi connectivity index (χ1) is 14.5. The van der Waals surface area contributed by atoms with Crippen LogP contribution in [0.2, 0.25) is 5.02 Å². The zero-order valence-corrected chi connectivity index (χ0v) is 17.9. The number of ether oxygens (including phenoxy) is 2. The van der Waals surface area contributed by atoms with Gasteiger partial charge >= 0.3 is 0 Å². The Balaban J connectivity index is 1.43. The molecule has 1 atom stereocenters. The molecule has 0 bridgehead atoms. The van der Waals surface area contributed by atoms with E-state index in [1.54, 1.807) is 0 Å². The lowest BCUT2D eigenvalue weighted by atomic mass is 10.0. The largest absolute Gasteiger partial charge is 0.454 e. The molecule has 30 heavy (non-hydrogen) atoms. The maximum absolute atomic E-state index is 12.9. The fraction of sp³-hybridized carbons (Fsp3) is 0.391. The molecule has 0 fully saturated rings. The van der Waals surface area contributed by atoms with E-state index in [0.29, 0.717) is 36.7 Å². The number of amides is 1. The molecule has 0 spiro atoms. The number of benzene rings is 2. The Bertz CT molecular complexity index is 960. The van der Waals surface area contributed by atoms with Crippen molar-refractivity contribution in [3.63, 3.8) is 0 Å². The number of hydrogen-bond acceptors (Lipinski definition) is 5. The molecule has 2 aromatic rings. The topological polar surface area (TPSA) is 60.4 Å². The molecule has 2 aliphatic heterocycles. The van der Waals surface area contributed by atoms with Gasteiger partial charge in [0.1, 0.15) is 0 Å². The number of halogens is 1. The predicted molar refractivity (Wildman–Crippen MR) is 115 cm³/mol. The van der Waals surface area contributed by atoms with Crippen molar-refractivity contribution in [2.45, 2.75) is 39.3 Å². The number of rotatable bonds is 7. The van der Waals surface area contributed by atoms with Crippen molar-refractivity contribution < 1.29 is 19.1 Å². The Hall–Kier alpha value is -2.73. The van der Waals surface area contributed by atoms with Gasteiger partial charge in [-0.2, -0.15) is 0 Å². The Kier molecular flexibility index (Phi) is 6.13. The van der Waals surface area contributed by atoms with Gasteiger partial charge in [-0.3, -0.25) is 4.79 Å². The summed E-state index contributed by atoms with van der Waals surface area (Å²) in [7, 11) is 0. The van der Waals surface area contributed by atoms with E-state index in [1.165, 1.54) is 0 Å². The minimum Gasteiger partial charge on any atom is -0.454 e. The van der Waals surface area contributed by atoms with Gasteiger partial charge < -0.3 is 19.2 Å². The van der Waals surface area contributed by atoms with Crippen LogP contribution in [0.25, 0.3) is 0 Å². The van der Waals surface area contributed by atoms with Crippen molar-refractivity contribution in [2.24, 2.45) is 11.1 Å². The van der Waals surface area contributed by atoms with Gasteiger partial charge in [0.2, 0.25) is 12.7 Å². The van der Waals surface area contributed by atoms with E-state index < -0.39 is 0 Å². The summed E-state index contributed by atoms with van der Waals surface area (Å²) in [5.74, 6) is 1.84. The molecule has 6 nitrogen and oxygen atoms in total. The van der Waals surface area contributed by atoms with Gasteiger partial charge in [-0.25, -0.2) is 0 Å². The number of carbonyl (C=O) groups excluding carboxylic acids is 1. The van der Waals surface area contributed by atoms with E-state index in [0.717, 1.165) is 22.6 Å². The summed E-state index contributed by atoms with van der Waals surface area (Å²) in [6, 6.07) is 13.3. The van der Waals surface area contributed by atoms with Crippen LogP contribution in [0.1, 0.15) is 37.8 Å². The zero-order chi connectivity index (χ0) is 21.1. The van der Waals surface area contributed by atoms with Crippen molar-refractivity contribution in [1.29, 1.82) is 0 Å². The van der Waals surface area contributed by atoms with Gasteiger partial charge in [0.15, 0.2) is 17.6 Å². The standard InChI is InChI=1S/C23H25ClN2O4/c1-15(2)8-23(27)26(12-16-4-3-5-18(24)9-16)13-19-11-20(25-30-19)17-6-7-21-22(10-17)29-14-28-21/h3-7,9-10,15,19H,8,11-14H2,1-2H3. The molecule has 158 valence electrons. The summed E-state index contributed by atoms with van der Waals surface area (Å²) >= 11 is 6.12. The lowest BCUT2D eigenvalue weighted by Gasteiger charge is -2.26. The zero-order valence-electron chi connectivity index (χ0n) is 17.1. The lowest BCUT2D eigenvalue weighted by Crippen LogP contribution is -2.37. The average Bonchev–Trinajstić information content (AvgIpc) is 3.35. The molecule has 7 heteroatoms. The van der Waals surface area contributed by atoms with E-state index in [1.807, 2.05) is 61.2 Å². The summed E-state index contributed by atoms with van der Waals surface area (Å²) < 4.78 is 10.8. The average molecular weight is 429 g/mol. The molecule has 1 unspecified atom stereocenters. The van der Waals surface area contributed by atoms with Crippen molar-refractivity contribution in [1.82, 2.24) is 4.90 Å². The minimum atomic E-state index is -0.194. The van der Waals surface area contributed by atoms with E-state index in [-0.39, 0.29) is 24.7 Å². The van der Waals surface area contributed by atoms with Gasteiger partial charge in [0.25, 0.3) is 0 Å². The highest BCUT2D eigenvalue weighted by molar-refractivity contribution is 6.30. The molecule has 2 heterocycles. The van der Waals surface area contributed by atoms with Crippen LogP contribution in [-0.4, -0.2) is 36.0 Å². The summed E-state index contributed by atoms with van der Waals surface area (Å²) in [6.07, 6.45) is 0.921. The summed E-state index contributed by atoms with van der Waals surface area (Å²) in [6.45, 7) is 5.28. The third-order valence-electron chi connectivity index (χ3n) is 5.06. The van der Waals surface area contributed by atoms with Crippen LogP contribution in [0.15, 0.2) is 47.6 Å². The van der Waals surface area contributed by atoms with Crippen molar-refractivity contribution >= 4 is 23.2 Å². The van der Waals surface area contributed by atoms with E-state index in [4.69, 9.17) is 25.9 Å². The minimum absolute atomic E-state index is 0.102. The highest BCUT2D eigenvalue weighted by atomic mass is 35.5. The second-order valence-electron chi connectivity index (χ2n) is 8.04. The van der Waals surface area contributed by atoms with Gasteiger partial charge in [-0.05, 0) is 41.8 Å². The summed E-state index contributed by atoms with van der Waals surface area (Å²) in [4.78, 5) is 20.4. The maximum atomic E-state index is 12.9. The van der Waals surface area contributed by atoms with Crippen LogP contribution in [0, 0.1) is 5.92 Å². The Morgan fingerprint density at radius 3 is 2.83 bits per heavy atom. The van der Waals surface area contributed by atoms with Crippen LogP contribution in [0.4, 0.5) is 0 Å². The molecule has 4 rings (SSSR count).